The van der Waals surface area contributed by atoms with E-state index in [-0.39, 0.29) is 17.8 Å². The predicted molar refractivity (Wildman–Crippen MR) is 89.2 cm³/mol. The Morgan fingerprint density at radius 2 is 1.88 bits per heavy atom. The van der Waals surface area contributed by atoms with E-state index in [1.165, 1.54) is 14.0 Å². The summed E-state index contributed by atoms with van der Waals surface area (Å²) >= 11 is 0. The molecule has 0 saturated heterocycles. The fraction of sp³-hybridized carbons (Fsp3) is 0.312. The third kappa shape index (κ3) is 3.82. The van der Waals surface area contributed by atoms with Crippen molar-refractivity contribution in [3.05, 3.63) is 40.3 Å². The minimum atomic E-state index is -1.22. The van der Waals surface area contributed by atoms with Crippen LogP contribution < -0.4 is 16.2 Å². The largest absolute Gasteiger partial charge is 0.448 e. The highest BCUT2D eigenvalue weighted by Crippen LogP contribution is 2.15. The molecule has 1 heterocycles. The number of hydrogen-bond acceptors (Lipinski definition) is 6. The van der Waals surface area contributed by atoms with Gasteiger partial charge >= 0.3 is 12.0 Å². The van der Waals surface area contributed by atoms with Crippen LogP contribution in [-0.2, 0) is 16.1 Å². The molecule has 0 aliphatic carbocycles. The molecule has 0 aliphatic rings. The van der Waals surface area contributed by atoms with Gasteiger partial charge in [0.2, 0.25) is 0 Å². The molecule has 2 N–H and O–H groups in total. The van der Waals surface area contributed by atoms with Crippen molar-refractivity contribution in [3.8, 4) is 0 Å². The molecule has 0 bridgehead atoms. The van der Waals surface area contributed by atoms with Crippen LogP contribution in [0.15, 0.2) is 29.1 Å². The number of rotatable bonds is 4. The SMILES string of the molecule is CCn1nc(C(=O)O[C@H](C)C(=O)NC(=O)NC)c2ccccc2c1=O. The summed E-state index contributed by atoms with van der Waals surface area (Å²) in [5.41, 5.74) is -0.392. The van der Waals surface area contributed by atoms with E-state index >= 15 is 0 Å². The highest BCUT2D eigenvalue weighted by atomic mass is 16.5. The van der Waals surface area contributed by atoms with E-state index in [4.69, 9.17) is 4.74 Å². The molecule has 0 spiro atoms. The summed E-state index contributed by atoms with van der Waals surface area (Å²) in [5.74, 6) is -1.64. The number of aromatic nitrogens is 2. The number of nitrogens with zero attached hydrogens (tertiary/aromatic N) is 2. The first kappa shape index (κ1) is 18.1. The van der Waals surface area contributed by atoms with E-state index in [0.717, 1.165) is 4.68 Å². The average Bonchev–Trinajstić information content (AvgIpc) is 2.61. The van der Waals surface area contributed by atoms with Gasteiger partial charge in [0.15, 0.2) is 11.8 Å². The third-order valence-corrected chi connectivity index (χ3v) is 3.48. The summed E-state index contributed by atoms with van der Waals surface area (Å²) in [6.45, 7) is 3.32. The number of ether oxygens (including phenoxy) is 1. The molecule has 0 fully saturated rings. The van der Waals surface area contributed by atoms with E-state index < -0.39 is 24.0 Å². The molecule has 3 amide bonds. The second kappa shape index (κ2) is 7.56. The second-order valence-corrected chi connectivity index (χ2v) is 5.13. The highest BCUT2D eigenvalue weighted by molar-refractivity contribution is 6.03. The van der Waals surface area contributed by atoms with Crippen molar-refractivity contribution in [1.82, 2.24) is 20.4 Å². The Hall–Kier alpha value is -3.23. The Labute approximate surface area is 143 Å². The van der Waals surface area contributed by atoms with Crippen molar-refractivity contribution in [3.63, 3.8) is 0 Å². The Bertz CT molecular complexity index is 890. The first-order chi connectivity index (χ1) is 11.9. The lowest BCUT2D eigenvalue weighted by Gasteiger charge is -2.14. The number of nitrogens with one attached hydrogen (secondary N) is 2. The van der Waals surface area contributed by atoms with Gasteiger partial charge in [-0.05, 0) is 19.9 Å². The highest BCUT2D eigenvalue weighted by Gasteiger charge is 2.23. The van der Waals surface area contributed by atoms with E-state index in [0.29, 0.717) is 10.8 Å². The van der Waals surface area contributed by atoms with Crippen LogP contribution in [0.3, 0.4) is 0 Å². The van der Waals surface area contributed by atoms with Gasteiger partial charge in [0.25, 0.3) is 11.5 Å². The number of aryl methyl sites for hydroxylation is 1. The lowest BCUT2D eigenvalue weighted by molar-refractivity contribution is -0.127. The maximum atomic E-state index is 12.4. The van der Waals surface area contributed by atoms with E-state index in [1.54, 1.807) is 31.2 Å². The molecule has 1 aromatic heterocycles. The van der Waals surface area contributed by atoms with Crippen molar-refractivity contribution in [2.24, 2.45) is 0 Å². The zero-order chi connectivity index (χ0) is 18.6. The van der Waals surface area contributed by atoms with Crippen LogP contribution >= 0.6 is 0 Å². The summed E-state index contributed by atoms with van der Waals surface area (Å²) in [7, 11) is 1.35. The van der Waals surface area contributed by atoms with Crippen LogP contribution in [0.5, 0.6) is 0 Å². The molecule has 2 rings (SSSR count). The molecular weight excluding hydrogens is 328 g/mol. The van der Waals surface area contributed by atoms with E-state index in [9.17, 15) is 19.2 Å². The Balaban J connectivity index is 2.33. The number of amides is 3. The topological polar surface area (TPSA) is 119 Å². The molecule has 25 heavy (non-hydrogen) atoms. The molecule has 2 aromatic rings. The maximum Gasteiger partial charge on any atom is 0.360 e. The summed E-state index contributed by atoms with van der Waals surface area (Å²) in [6, 6.07) is 5.80. The van der Waals surface area contributed by atoms with Crippen LogP contribution in [0.25, 0.3) is 10.8 Å². The number of carbonyl (C=O) groups excluding carboxylic acids is 3. The zero-order valence-corrected chi connectivity index (χ0v) is 14.0. The minimum Gasteiger partial charge on any atom is -0.448 e. The van der Waals surface area contributed by atoms with Crippen molar-refractivity contribution < 1.29 is 19.1 Å². The molecule has 0 saturated carbocycles. The molecule has 1 atom stereocenters. The Kier molecular flexibility index (Phi) is 5.48. The quantitative estimate of drug-likeness (QED) is 0.774. The number of carbonyl (C=O) groups is 3. The van der Waals surface area contributed by atoms with Crippen molar-refractivity contribution in [2.45, 2.75) is 26.5 Å². The smallest absolute Gasteiger partial charge is 0.360 e. The number of hydrogen-bond donors (Lipinski definition) is 2. The molecule has 9 heteroatoms. The summed E-state index contributed by atoms with van der Waals surface area (Å²) in [4.78, 5) is 47.6. The first-order valence-corrected chi connectivity index (χ1v) is 7.62. The number of imide groups is 1. The zero-order valence-electron chi connectivity index (χ0n) is 14.0. The summed E-state index contributed by atoms with van der Waals surface area (Å²) in [5, 5.41) is 8.92. The van der Waals surface area contributed by atoms with E-state index in [1.807, 2.05) is 5.32 Å². The first-order valence-electron chi connectivity index (χ1n) is 7.62. The van der Waals surface area contributed by atoms with Gasteiger partial charge in [0.05, 0.1) is 5.39 Å². The number of esters is 1. The number of fused-ring (bicyclic) bond motifs is 1. The van der Waals surface area contributed by atoms with Gasteiger partial charge in [-0.3, -0.25) is 14.9 Å². The fourth-order valence-electron chi connectivity index (χ4n) is 2.15. The fourth-order valence-corrected chi connectivity index (χ4v) is 2.15. The molecular formula is C16H18N4O5. The Morgan fingerprint density at radius 1 is 1.24 bits per heavy atom. The van der Waals surface area contributed by atoms with Crippen molar-refractivity contribution >= 4 is 28.7 Å². The van der Waals surface area contributed by atoms with Gasteiger partial charge in [-0.25, -0.2) is 14.3 Å². The lowest BCUT2D eigenvalue weighted by Crippen LogP contribution is -2.43. The third-order valence-electron chi connectivity index (χ3n) is 3.48. The molecule has 0 radical (unpaired) electrons. The number of urea groups is 1. The maximum absolute atomic E-state index is 12.4. The van der Waals surface area contributed by atoms with Gasteiger partial charge in [-0.15, -0.1) is 0 Å². The van der Waals surface area contributed by atoms with Gasteiger partial charge in [-0.2, -0.15) is 5.10 Å². The summed E-state index contributed by atoms with van der Waals surface area (Å²) < 4.78 is 6.23. The van der Waals surface area contributed by atoms with Crippen molar-refractivity contribution in [2.75, 3.05) is 7.05 Å². The van der Waals surface area contributed by atoms with E-state index in [2.05, 4.69) is 10.4 Å². The van der Waals surface area contributed by atoms with Crippen LogP contribution in [0.2, 0.25) is 0 Å². The Morgan fingerprint density at radius 3 is 2.48 bits per heavy atom. The lowest BCUT2D eigenvalue weighted by atomic mass is 10.1. The molecule has 9 nitrogen and oxygen atoms in total. The van der Waals surface area contributed by atoms with Gasteiger partial charge in [0.1, 0.15) is 0 Å². The molecule has 132 valence electrons. The van der Waals surface area contributed by atoms with Gasteiger partial charge in [0, 0.05) is 19.0 Å². The molecule has 1 aromatic carbocycles. The monoisotopic (exact) mass is 346 g/mol. The van der Waals surface area contributed by atoms with Gasteiger partial charge in [-0.1, -0.05) is 18.2 Å². The summed E-state index contributed by atoms with van der Waals surface area (Å²) in [6.07, 6.45) is -1.22. The van der Waals surface area contributed by atoms with Crippen LogP contribution in [-0.4, -0.2) is 40.8 Å². The van der Waals surface area contributed by atoms with Crippen LogP contribution in [0, 0.1) is 0 Å². The van der Waals surface area contributed by atoms with Gasteiger partial charge < -0.3 is 10.1 Å². The second-order valence-electron chi connectivity index (χ2n) is 5.13. The van der Waals surface area contributed by atoms with Crippen LogP contribution in [0.4, 0.5) is 4.79 Å². The standard InChI is InChI=1S/C16H18N4O5/c1-4-20-14(22)11-8-6-5-7-10(11)12(19-20)15(23)25-9(2)13(21)18-16(24)17-3/h5-9H,4H2,1-3H3,(H2,17,18,21,24)/t9-/m1/s1. The normalized spacial score (nSPS) is 11.6. The average molecular weight is 346 g/mol. The van der Waals surface area contributed by atoms with Crippen LogP contribution in [0.1, 0.15) is 24.3 Å². The number of benzene rings is 1. The molecule has 0 unspecified atom stereocenters. The van der Waals surface area contributed by atoms with Crippen molar-refractivity contribution in [1.29, 1.82) is 0 Å². The predicted octanol–water partition coefficient (Wildman–Crippen LogP) is 0.417. The molecule has 0 aliphatic heterocycles. The minimum absolute atomic E-state index is 0.0726.